The number of benzene rings is 1. The highest BCUT2D eigenvalue weighted by molar-refractivity contribution is 6.33. The summed E-state index contributed by atoms with van der Waals surface area (Å²) in [6.07, 6.45) is 2.87. The second kappa shape index (κ2) is 7.07. The quantitative estimate of drug-likeness (QED) is 0.859. The third kappa shape index (κ3) is 3.72. The number of aryl methyl sites for hydroxylation is 1. The van der Waals surface area contributed by atoms with E-state index in [0.717, 1.165) is 24.2 Å². The Morgan fingerprint density at radius 2 is 2.00 bits per heavy atom. The summed E-state index contributed by atoms with van der Waals surface area (Å²) in [5.41, 5.74) is 3.10. The Morgan fingerprint density at radius 3 is 2.70 bits per heavy atom. The summed E-state index contributed by atoms with van der Waals surface area (Å²) in [5.74, 6) is 0. The van der Waals surface area contributed by atoms with E-state index >= 15 is 0 Å². The van der Waals surface area contributed by atoms with Crippen molar-refractivity contribution in [2.75, 3.05) is 6.54 Å². The molecule has 2 aromatic rings. The van der Waals surface area contributed by atoms with Gasteiger partial charge in [-0.15, -0.1) is 0 Å². The molecule has 1 aromatic heterocycles. The molecule has 0 saturated heterocycles. The Hall–Kier alpha value is -1.09. The number of halogens is 2. The van der Waals surface area contributed by atoms with Gasteiger partial charge in [0.25, 0.3) is 0 Å². The summed E-state index contributed by atoms with van der Waals surface area (Å²) in [6.45, 7) is 5.08. The first-order valence-electron chi connectivity index (χ1n) is 6.72. The summed E-state index contributed by atoms with van der Waals surface area (Å²) >= 11 is 12.4. The molecule has 0 fully saturated rings. The molecule has 20 heavy (non-hydrogen) atoms. The molecule has 1 aromatic carbocycles. The molecule has 0 radical (unpaired) electrons. The molecule has 4 heteroatoms. The molecule has 1 heterocycles. The molecule has 1 atom stereocenters. The minimum absolute atomic E-state index is 0.0407. The summed E-state index contributed by atoms with van der Waals surface area (Å²) in [5, 5.41) is 4.87. The average molecular weight is 309 g/mol. The second-order valence-corrected chi connectivity index (χ2v) is 5.65. The molecule has 2 rings (SSSR count). The van der Waals surface area contributed by atoms with Gasteiger partial charge in [0.2, 0.25) is 0 Å². The van der Waals surface area contributed by atoms with Crippen LogP contribution in [0.5, 0.6) is 0 Å². The van der Waals surface area contributed by atoms with Crippen LogP contribution in [0.4, 0.5) is 0 Å². The Labute approximate surface area is 130 Å². The largest absolute Gasteiger partial charge is 0.305 e. The lowest BCUT2D eigenvalue weighted by Gasteiger charge is -2.20. The van der Waals surface area contributed by atoms with Crippen molar-refractivity contribution >= 4 is 23.2 Å². The monoisotopic (exact) mass is 308 g/mol. The van der Waals surface area contributed by atoms with Gasteiger partial charge in [-0.2, -0.15) is 0 Å². The van der Waals surface area contributed by atoms with E-state index in [0.29, 0.717) is 10.0 Å². The van der Waals surface area contributed by atoms with Gasteiger partial charge in [-0.3, -0.25) is 4.98 Å². The number of nitrogens with zero attached hydrogens (tertiary/aromatic N) is 1. The van der Waals surface area contributed by atoms with Gasteiger partial charge in [-0.05, 0) is 61.3 Å². The first-order chi connectivity index (χ1) is 9.61. The topological polar surface area (TPSA) is 24.9 Å². The van der Waals surface area contributed by atoms with Gasteiger partial charge in [0, 0.05) is 16.2 Å². The van der Waals surface area contributed by atoms with Crippen LogP contribution < -0.4 is 5.32 Å². The first-order valence-corrected chi connectivity index (χ1v) is 7.48. The lowest BCUT2D eigenvalue weighted by Crippen LogP contribution is -2.24. The SMILES string of the molecule is CCCNC(c1cc(C)ccn1)c1cc(Cl)ccc1Cl. The van der Waals surface area contributed by atoms with Gasteiger partial charge >= 0.3 is 0 Å². The molecule has 0 aliphatic heterocycles. The number of pyridine rings is 1. The van der Waals surface area contributed by atoms with E-state index in [1.165, 1.54) is 5.56 Å². The van der Waals surface area contributed by atoms with Gasteiger partial charge < -0.3 is 5.32 Å². The Morgan fingerprint density at radius 1 is 1.20 bits per heavy atom. The van der Waals surface area contributed by atoms with Crippen LogP contribution in [0.2, 0.25) is 10.0 Å². The van der Waals surface area contributed by atoms with Crippen molar-refractivity contribution in [3.63, 3.8) is 0 Å². The standard InChI is InChI=1S/C16H18Cl2N2/c1-3-7-20-16(15-9-11(2)6-8-19-15)13-10-12(17)4-5-14(13)18/h4-6,8-10,16,20H,3,7H2,1-2H3. The van der Waals surface area contributed by atoms with Crippen LogP contribution in [0.25, 0.3) is 0 Å². The van der Waals surface area contributed by atoms with E-state index < -0.39 is 0 Å². The minimum Gasteiger partial charge on any atom is -0.305 e. The average Bonchev–Trinajstić information content (AvgIpc) is 2.43. The van der Waals surface area contributed by atoms with Crippen molar-refractivity contribution in [2.45, 2.75) is 26.3 Å². The lowest BCUT2D eigenvalue weighted by atomic mass is 10.0. The van der Waals surface area contributed by atoms with Crippen LogP contribution >= 0.6 is 23.2 Å². The van der Waals surface area contributed by atoms with Crippen LogP contribution in [-0.4, -0.2) is 11.5 Å². The molecule has 0 amide bonds. The van der Waals surface area contributed by atoms with Crippen molar-refractivity contribution in [1.29, 1.82) is 0 Å². The van der Waals surface area contributed by atoms with Crippen LogP contribution in [0.15, 0.2) is 36.5 Å². The molecule has 1 unspecified atom stereocenters. The minimum atomic E-state index is -0.0407. The molecule has 0 aliphatic rings. The zero-order chi connectivity index (χ0) is 14.5. The molecule has 106 valence electrons. The molecular weight excluding hydrogens is 291 g/mol. The smallest absolute Gasteiger partial charge is 0.0766 e. The molecule has 1 N–H and O–H groups in total. The molecular formula is C16H18Cl2N2. The first kappa shape index (κ1) is 15.3. The highest BCUT2D eigenvalue weighted by Crippen LogP contribution is 2.30. The third-order valence-corrected chi connectivity index (χ3v) is 3.68. The Bertz CT molecular complexity index is 584. The maximum atomic E-state index is 6.33. The molecule has 0 saturated carbocycles. The summed E-state index contributed by atoms with van der Waals surface area (Å²) in [7, 11) is 0. The van der Waals surface area contributed by atoms with Crippen molar-refractivity contribution in [3.05, 3.63) is 63.4 Å². The number of hydrogen-bond donors (Lipinski definition) is 1. The van der Waals surface area contributed by atoms with Crippen molar-refractivity contribution in [2.24, 2.45) is 0 Å². The van der Waals surface area contributed by atoms with Crippen molar-refractivity contribution < 1.29 is 0 Å². The second-order valence-electron chi connectivity index (χ2n) is 4.81. The predicted molar refractivity (Wildman–Crippen MR) is 85.6 cm³/mol. The number of nitrogens with one attached hydrogen (secondary N) is 1. The Kier molecular flexibility index (Phi) is 5.41. The van der Waals surface area contributed by atoms with Crippen LogP contribution in [0, 0.1) is 6.92 Å². The van der Waals surface area contributed by atoms with E-state index in [9.17, 15) is 0 Å². The highest BCUT2D eigenvalue weighted by Gasteiger charge is 2.18. The molecule has 0 aliphatic carbocycles. The zero-order valence-electron chi connectivity index (χ0n) is 11.7. The molecule has 0 bridgehead atoms. The van der Waals surface area contributed by atoms with E-state index in [-0.39, 0.29) is 6.04 Å². The summed E-state index contributed by atoms with van der Waals surface area (Å²) in [6, 6.07) is 9.55. The van der Waals surface area contributed by atoms with Gasteiger partial charge in [0.05, 0.1) is 11.7 Å². The molecule has 0 spiro atoms. The van der Waals surface area contributed by atoms with E-state index in [1.807, 2.05) is 24.4 Å². The fraction of sp³-hybridized carbons (Fsp3) is 0.312. The Balaban J connectivity index is 2.44. The van der Waals surface area contributed by atoms with Gasteiger partial charge in [0.15, 0.2) is 0 Å². The maximum Gasteiger partial charge on any atom is 0.0766 e. The maximum absolute atomic E-state index is 6.33. The lowest BCUT2D eigenvalue weighted by molar-refractivity contribution is 0.586. The van der Waals surface area contributed by atoms with Gasteiger partial charge in [-0.1, -0.05) is 30.1 Å². The van der Waals surface area contributed by atoms with Gasteiger partial charge in [-0.25, -0.2) is 0 Å². The highest BCUT2D eigenvalue weighted by atomic mass is 35.5. The summed E-state index contributed by atoms with van der Waals surface area (Å²) < 4.78 is 0. The van der Waals surface area contributed by atoms with Crippen molar-refractivity contribution in [3.8, 4) is 0 Å². The number of hydrogen-bond acceptors (Lipinski definition) is 2. The number of rotatable bonds is 5. The van der Waals surface area contributed by atoms with E-state index in [2.05, 4.69) is 30.2 Å². The normalized spacial score (nSPS) is 12.4. The fourth-order valence-electron chi connectivity index (χ4n) is 2.12. The van der Waals surface area contributed by atoms with E-state index in [1.54, 1.807) is 6.07 Å². The van der Waals surface area contributed by atoms with Crippen molar-refractivity contribution in [1.82, 2.24) is 10.3 Å². The summed E-state index contributed by atoms with van der Waals surface area (Å²) in [4.78, 5) is 4.48. The zero-order valence-corrected chi connectivity index (χ0v) is 13.2. The molecule has 2 nitrogen and oxygen atoms in total. The van der Waals surface area contributed by atoms with Crippen LogP contribution in [0.1, 0.15) is 36.2 Å². The van der Waals surface area contributed by atoms with Crippen LogP contribution in [0.3, 0.4) is 0 Å². The van der Waals surface area contributed by atoms with Gasteiger partial charge in [0.1, 0.15) is 0 Å². The van der Waals surface area contributed by atoms with E-state index in [4.69, 9.17) is 23.2 Å². The predicted octanol–water partition coefficient (Wildman–Crippen LogP) is 4.79. The fourth-order valence-corrected chi connectivity index (χ4v) is 2.52. The number of aromatic nitrogens is 1. The third-order valence-electron chi connectivity index (χ3n) is 3.10. The van der Waals surface area contributed by atoms with Crippen LogP contribution in [-0.2, 0) is 0 Å².